The van der Waals surface area contributed by atoms with Gasteiger partial charge in [0.05, 0.1) is 56.2 Å². The molecule has 6 unspecified atom stereocenters. The van der Waals surface area contributed by atoms with E-state index in [-0.39, 0.29) is 12.1 Å². The van der Waals surface area contributed by atoms with Crippen molar-refractivity contribution in [3.05, 3.63) is 96.5 Å². The number of nitrogens with one attached hydrogen (secondary N) is 3. The fourth-order valence-electron chi connectivity index (χ4n) is 6.84. The Labute approximate surface area is 264 Å². The molecule has 2 aliphatic heterocycles. The number of rotatable bonds is 13. The van der Waals surface area contributed by atoms with E-state index in [0.717, 1.165) is 82.4 Å². The van der Waals surface area contributed by atoms with Crippen molar-refractivity contribution >= 4 is 16.6 Å². The average Bonchev–Trinajstić information content (AvgIpc) is 3.00. The first-order valence-corrected chi connectivity index (χ1v) is 15.6. The van der Waals surface area contributed by atoms with Crippen molar-refractivity contribution in [2.24, 2.45) is 11.5 Å². The van der Waals surface area contributed by atoms with Gasteiger partial charge in [-0.3, -0.25) is 4.98 Å². The molecule has 0 aliphatic carbocycles. The molecular weight excluding hydrogens is 577 g/mol. The number of likely N-dealkylation sites (N-methyl/N-ethyl adjacent to an activating group) is 2. The molecule has 0 spiro atoms. The van der Waals surface area contributed by atoms with Gasteiger partial charge in [0.25, 0.3) is 0 Å². The van der Waals surface area contributed by atoms with Crippen LogP contribution in [0.3, 0.4) is 0 Å². The lowest BCUT2D eigenvalue weighted by molar-refractivity contribution is -1.10. The number of fused-ring (bicyclic) bond motifs is 2. The lowest BCUT2D eigenvalue weighted by Crippen LogP contribution is -2.87. The van der Waals surface area contributed by atoms with E-state index in [1.165, 1.54) is 12.1 Å². The average molecular weight is 625 g/mol. The van der Waals surface area contributed by atoms with Crippen LogP contribution in [0.2, 0.25) is 0 Å². The monoisotopic (exact) mass is 624 g/mol. The molecule has 2 aromatic carbocycles. The first kappa shape index (κ1) is 32.9. The van der Waals surface area contributed by atoms with E-state index in [9.17, 15) is 13.2 Å². The molecule has 0 amide bonds. The Morgan fingerprint density at radius 2 is 1.82 bits per heavy atom. The van der Waals surface area contributed by atoms with Crippen LogP contribution in [-0.4, -0.2) is 85.0 Å². The lowest BCUT2D eigenvalue weighted by Gasteiger charge is -2.59. The van der Waals surface area contributed by atoms with Gasteiger partial charge in [0.1, 0.15) is 19.6 Å². The van der Waals surface area contributed by atoms with Crippen LogP contribution in [0.5, 0.6) is 0 Å². The molecule has 0 bridgehead atoms. The highest BCUT2D eigenvalue weighted by atomic mass is 19.4. The van der Waals surface area contributed by atoms with Crippen LogP contribution in [0.15, 0.2) is 85.3 Å². The number of alkyl halides is 3. The van der Waals surface area contributed by atoms with E-state index >= 15 is 0 Å². The summed E-state index contributed by atoms with van der Waals surface area (Å²) in [5, 5.41) is 7.78. The fraction of sp³-hybridized carbons (Fsp3) is 0.441. The zero-order valence-electron chi connectivity index (χ0n) is 26.3. The highest BCUT2D eigenvalue weighted by Gasteiger charge is 2.57. The molecule has 1 aromatic heterocycles. The van der Waals surface area contributed by atoms with Gasteiger partial charge < -0.3 is 26.6 Å². The van der Waals surface area contributed by atoms with Gasteiger partial charge in [0.15, 0.2) is 12.1 Å². The van der Waals surface area contributed by atoms with Gasteiger partial charge in [-0.25, -0.2) is 4.59 Å². The fourth-order valence-corrected chi connectivity index (χ4v) is 6.84. The number of hydrogen-bond donors (Lipinski definition) is 5. The van der Waals surface area contributed by atoms with Crippen LogP contribution in [0.25, 0.3) is 10.9 Å². The van der Waals surface area contributed by atoms with Crippen LogP contribution in [-0.2, 0) is 12.6 Å². The molecule has 0 radical (unpaired) electrons. The summed E-state index contributed by atoms with van der Waals surface area (Å²) >= 11 is 0. The van der Waals surface area contributed by atoms with Crippen LogP contribution in [0, 0.1) is 0 Å². The van der Waals surface area contributed by atoms with Gasteiger partial charge in [-0.1, -0.05) is 43.5 Å². The smallest absolute Gasteiger partial charge is 0.379 e. The Balaban J connectivity index is 1.23. The van der Waals surface area contributed by atoms with Gasteiger partial charge >= 0.3 is 6.18 Å². The number of anilines is 1. The summed E-state index contributed by atoms with van der Waals surface area (Å²) in [6.07, 6.45) is -0.575. The first-order chi connectivity index (χ1) is 21.3. The van der Waals surface area contributed by atoms with Crippen molar-refractivity contribution in [2.45, 2.75) is 49.6 Å². The third-order valence-corrected chi connectivity index (χ3v) is 9.82. The molecule has 7 N–H and O–H groups in total. The van der Waals surface area contributed by atoms with E-state index < -0.39 is 11.7 Å². The second-order valence-corrected chi connectivity index (χ2v) is 13.2. The van der Waals surface area contributed by atoms with Crippen LogP contribution in [0.1, 0.15) is 24.0 Å². The molecular formula is C34H47F3N8+2. The van der Waals surface area contributed by atoms with Crippen molar-refractivity contribution in [1.82, 2.24) is 15.7 Å². The minimum absolute atomic E-state index is 0.302. The summed E-state index contributed by atoms with van der Waals surface area (Å²) in [5.41, 5.74) is 19.4. The Bertz CT molecular complexity index is 1510. The van der Waals surface area contributed by atoms with E-state index in [2.05, 4.69) is 48.3 Å². The van der Waals surface area contributed by atoms with Crippen molar-refractivity contribution in [2.75, 3.05) is 52.1 Å². The van der Waals surface area contributed by atoms with E-state index in [1.807, 2.05) is 30.3 Å². The maximum atomic E-state index is 13.2. The first-order valence-electron chi connectivity index (χ1n) is 15.6. The maximum absolute atomic E-state index is 13.2. The number of para-hydroxylation sites is 1. The number of halogens is 3. The number of nitrogens with two attached hydrogens (primary N) is 2. The summed E-state index contributed by atoms with van der Waals surface area (Å²) in [5.74, 6) is 0. The van der Waals surface area contributed by atoms with Gasteiger partial charge in [-0.15, -0.1) is 0 Å². The van der Waals surface area contributed by atoms with E-state index in [1.54, 1.807) is 6.20 Å². The quantitative estimate of drug-likeness (QED) is 0.184. The second kappa shape index (κ2) is 13.1. The molecule has 0 saturated carbocycles. The van der Waals surface area contributed by atoms with Crippen molar-refractivity contribution in [3.8, 4) is 0 Å². The van der Waals surface area contributed by atoms with Crippen molar-refractivity contribution in [1.29, 1.82) is 0 Å². The molecule has 6 atom stereocenters. The number of quaternary nitrogens is 2. The second-order valence-electron chi connectivity index (χ2n) is 13.2. The van der Waals surface area contributed by atoms with Gasteiger partial charge in [-0.2, -0.15) is 18.6 Å². The number of aromatic nitrogens is 1. The molecule has 45 heavy (non-hydrogen) atoms. The number of pyridine rings is 1. The largest absolute Gasteiger partial charge is 0.416 e. The SMILES string of the molecule is C=C(NC(Cc1ccc(C(F)(F)F)cc1)C(=C)Nc1cnc2ccccc2c1)C(N)CCC[N+]1(C)CC(CN)[N+]2(C)NCC2C1. The normalized spacial score (nSPS) is 25.9. The summed E-state index contributed by atoms with van der Waals surface area (Å²) in [6.45, 7) is 13.4. The molecule has 242 valence electrons. The lowest BCUT2D eigenvalue weighted by atomic mass is 9.97. The zero-order chi connectivity index (χ0) is 32.4. The Morgan fingerprint density at radius 1 is 1.09 bits per heavy atom. The molecule has 3 aromatic rings. The summed E-state index contributed by atoms with van der Waals surface area (Å²) in [6, 6.07) is 15.3. The maximum Gasteiger partial charge on any atom is 0.416 e. The van der Waals surface area contributed by atoms with E-state index in [4.69, 9.17) is 11.5 Å². The van der Waals surface area contributed by atoms with Gasteiger partial charge in [0, 0.05) is 22.8 Å². The minimum atomic E-state index is -4.39. The van der Waals surface area contributed by atoms with Crippen molar-refractivity contribution < 1.29 is 22.2 Å². The molecule has 8 nitrogen and oxygen atoms in total. The molecule has 11 heteroatoms. The topological polar surface area (TPSA) is 101 Å². The highest BCUT2D eigenvalue weighted by molar-refractivity contribution is 5.81. The minimum Gasteiger partial charge on any atom is -0.379 e. The van der Waals surface area contributed by atoms with Crippen LogP contribution in [0.4, 0.5) is 18.9 Å². The molecule has 2 aliphatic rings. The van der Waals surface area contributed by atoms with Crippen LogP contribution >= 0.6 is 0 Å². The van der Waals surface area contributed by atoms with Gasteiger partial charge in [0.2, 0.25) is 0 Å². The molecule has 2 fully saturated rings. The number of hydrogen-bond acceptors (Lipinski definition) is 6. The number of piperazine rings is 1. The molecule has 2 saturated heterocycles. The predicted octanol–water partition coefficient (Wildman–Crippen LogP) is 4.12. The standard InChI is InChI=1S/C34H47F3N8/c1-23(31(39)9-7-15-44(3)21-29(18-38)45(4)30(22-44)20-41-45)43-33(16-25-11-13-27(14-12-25)34(35,36)37)24(2)42-28-17-26-8-5-6-10-32(26)40-19-28/h5-6,8,10-14,17,19,29-31,33,41-43H,1-2,7,9,15-16,18,20-22,38-39H2,3-4H3/q+2. The summed E-state index contributed by atoms with van der Waals surface area (Å²) in [7, 11) is 4.57. The third kappa shape index (κ3) is 7.50. The Hall–Kier alpha value is -3.48. The molecule has 3 heterocycles. The Morgan fingerprint density at radius 3 is 2.49 bits per heavy atom. The Kier molecular flexibility index (Phi) is 9.57. The van der Waals surface area contributed by atoms with Gasteiger partial charge in [-0.05, 0) is 49.1 Å². The molecule has 5 rings (SSSR count). The highest BCUT2D eigenvalue weighted by Crippen LogP contribution is 2.31. The van der Waals surface area contributed by atoms with Crippen LogP contribution < -0.4 is 27.5 Å². The summed E-state index contributed by atoms with van der Waals surface area (Å²) in [4.78, 5) is 4.52. The summed E-state index contributed by atoms with van der Waals surface area (Å²) < 4.78 is 41.4. The predicted molar refractivity (Wildman–Crippen MR) is 175 cm³/mol. The zero-order valence-corrected chi connectivity index (χ0v) is 26.3. The third-order valence-electron chi connectivity index (χ3n) is 9.82. The van der Waals surface area contributed by atoms with Crippen molar-refractivity contribution in [3.63, 3.8) is 0 Å². The number of benzene rings is 2. The van der Waals surface area contributed by atoms with E-state index in [0.29, 0.717) is 36.4 Å². The number of nitrogens with zero attached hydrogens (tertiary/aromatic N) is 3.